The molecule has 0 fully saturated rings. The third-order valence-electron chi connectivity index (χ3n) is 11.0. The van der Waals surface area contributed by atoms with Crippen LogP contribution in [-0.4, -0.2) is 0 Å². The van der Waals surface area contributed by atoms with E-state index in [1.807, 2.05) is 0 Å². The summed E-state index contributed by atoms with van der Waals surface area (Å²) in [5.41, 5.74) is 6.64. The Morgan fingerprint density at radius 1 is 0.867 bits per heavy atom. The van der Waals surface area contributed by atoms with Crippen LogP contribution in [0, 0.1) is 5.41 Å². The monoisotopic (exact) mass is 575 g/mol. The van der Waals surface area contributed by atoms with Gasteiger partial charge in [0.05, 0.1) is 0 Å². The normalized spacial score (nSPS) is 31.7. The van der Waals surface area contributed by atoms with Crippen LogP contribution < -0.4 is 0 Å². The van der Waals surface area contributed by atoms with Gasteiger partial charge >= 0.3 is 175 Å². The number of hydrogen-bond acceptors (Lipinski definition) is 0. The molecule has 0 saturated heterocycles. The summed E-state index contributed by atoms with van der Waals surface area (Å²) in [6, 6.07) is 5.20. The van der Waals surface area contributed by atoms with E-state index in [0.717, 1.165) is 0 Å². The third kappa shape index (κ3) is 2.42. The molecule has 3 aliphatic rings. The van der Waals surface area contributed by atoms with Crippen LogP contribution in [0.4, 0.5) is 0 Å². The molecule has 0 saturated carbocycles. The van der Waals surface area contributed by atoms with Gasteiger partial charge in [0, 0.05) is 0 Å². The van der Waals surface area contributed by atoms with Gasteiger partial charge in [-0.25, -0.2) is 0 Å². The summed E-state index contributed by atoms with van der Waals surface area (Å²) in [4.78, 5) is 0. The van der Waals surface area contributed by atoms with Crippen LogP contribution in [0.3, 0.4) is 0 Å². The first-order chi connectivity index (χ1) is 12.9. The molecule has 0 aliphatic heterocycles. The molecule has 0 heterocycles. The zero-order valence-electron chi connectivity index (χ0n) is 21.5. The Labute approximate surface area is 174 Å². The van der Waals surface area contributed by atoms with E-state index in [1.54, 1.807) is 16.7 Å². The van der Waals surface area contributed by atoms with Crippen molar-refractivity contribution in [3.63, 3.8) is 0 Å². The molecule has 167 valence electrons. The molecule has 0 N–H and O–H groups in total. The Balaban J connectivity index is 2.17. The number of rotatable bonds is 4. The van der Waals surface area contributed by atoms with Gasteiger partial charge in [-0.1, -0.05) is 0 Å². The summed E-state index contributed by atoms with van der Waals surface area (Å²) in [7, 11) is 0. The first kappa shape index (κ1) is 22.5. The van der Waals surface area contributed by atoms with Gasteiger partial charge in [0.25, 0.3) is 0 Å². The SMILES string of the molecule is CCC[C]1([Hf]([CH3])([CH3])([CH3])([CH3])([CH3])([CH3])([CH3])[CH]2C=CC=C2)C=Cc2cc3c(cc21)CC(C)(C)C3. The summed E-state index contributed by atoms with van der Waals surface area (Å²) in [6.07, 6.45) is 19.5. The molecule has 0 nitrogen and oxygen atoms in total. The second-order valence-electron chi connectivity index (χ2n) is 22.5. The molecule has 1 unspecified atom stereocenters. The van der Waals surface area contributed by atoms with Crippen LogP contribution in [0.2, 0.25) is 36.4 Å². The van der Waals surface area contributed by atoms with E-state index in [1.165, 1.54) is 31.2 Å². The van der Waals surface area contributed by atoms with Crippen LogP contribution in [0.1, 0.15) is 55.9 Å². The zero-order valence-corrected chi connectivity index (χ0v) is 25.1. The van der Waals surface area contributed by atoms with Crippen LogP contribution in [0.15, 0.2) is 42.5 Å². The van der Waals surface area contributed by atoms with E-state index in [-0.39, 0.29) is 3.17 Å². The maximum atomic E-state index is 2.75. The third-order valence-corrected chi connectivity index (χ3v) is 57.1. The molecule has 3 aliphatic carbocycles. The Morgan fingerprint density at radius 2 is 1.40 bits per heavy atom. The number of allylic oxidation sites excluding steroid dienone is 5. The van der Waals surface area contributed by atoms with Crippen molar-refractivity contribution < 1.29 is 12.6 Å². The molecule has 1 aromatic rings. The van der Waals surface area contributed by atoms with Gasteiger partial charge in [-0.2, -0.15) is 0 Å². The first-order valence-electron chi connectivity index (χ1n) is 12.5. The predicted octanol–water partition coefficient (Wildman–Crippen LogP) is 9.92. The molecule has 0 radical (unpaired) electrons. The van der Waals surface area contributed by atoms with Gasteiger partial charge in [0.1, 0.15) is 0 Å². The Kier molecular flexibility index (Phi) is 2.87. The maximum absolute atomic E-state index is 5.58. The van der Waals surface area contributed by atoms with Crippen molar-refractivity contribution in [3.8, 4) is 0 Å². The molecule has 0 spiro atoms. The average molecular weight is 574 g/mol. The molecular formula is C29H47Hf. The summed E-state index contributed by atoms with van der Waals surface area (Å²) in [5, 5.41) is 0. The quantitative estimate of drug-likeness (QED) is 0.314. The van der Waals surface area contributed by atoms with Crippen LogP contribution in [0.5, 0.6) is 0 Å². The van der Waals surface area contributed by atoms with Crippen LogP contribution in [0.25, 0.3) is 6.08 Å². The zero-order chi connectivity index (χ0) is 22.7. The standard InChI is InChI=1S/C17H21.C5H5.7CH3.Hf/c1-4-5-12-6-7-13-8-14-10-17(2,3)11-15(14)9-16(12)13;1-2-4-5-3-1;;;;;;;;/h6-9H,4-5,10-11H2,1-3H3;1-5H;7*1H3;. The van der Waals surface area contributed by atoms with Gasteiger partial charge in [-0.05, 0) is 0 Å². The second-order valence-corrected chi connectivity index (χ2v) is 132. The van der Waals surface area contributed by atoms with E-state index in [4.69, 9.17) is 0 Å². The van der Waals surface area contributed by atoms with Crippen molar-refractivity contribution in [1.82, 2.24) is 0 Å². The first-order valence-corrected chi connectivity index (χ1v) is 41.5. The van der Waals surface area contributed by atoms with E-state index < -0.39 is 12.6 Å². The van der Waals surface area contributed by atoms with Gasteiger partial charge in [-0.3, -0.25) is 0 Å². The van der Waals surface area contributed by atoms with Crippen molar-refractivity contribution in [2.75, 3.05) is 0 Å². The Morgan fingerprint density at radius 3 is 1.93 bits per heavy atom. The van der Waals surface area contributed by atoms with E-state index >= 15 is 0 Å². The topological polar surface area (TPSA) is 0 Å². The summed E-state index contributed by atoms with van der Waals surface area (Å²) < 4.78 is 19.7. The van der Waals surface area contributed by atoms with Crippen molar-refractivity contribution in [3.05, 3.63) is 64.8 Å². The van der Waals surface area contributed by atoms with Crippen molar-refractivity contribution in [2.45, 2.75) is 86.1 Å². The number of hydrogen-bond donors (Lipinski definition) is 0. The summed E-state index contributed by atoms with van der Waals surface area (Å²) >= 11 is -5.58. The molecule has 0 bridgehead atoms. The molecule has 0 amide bonds. The van der Waals surface area contributed by atoms with Crippen molar-refractivity contribution in [1.29, 1.82) is 0 Å². The predicted molar refractivity (Wildman–Crippen MR) is 136 cm³/mol. The van der Waals surface area contributed by atoms with Crippen LogP contribution >= 0.6 is 0 Å². The fraction of sp³-hybridized carbons (Fsp3) is 0.586. The molecular weight excluding hydrogens is 527 g/mol. The molecule has 0 aromatic heterocycles. The molecule has 30 heavy (non-hydrogen) atoms. The molecule has 1 heteroatoms. The minimum absolute atomic E-state index is 0.00289. The Hall–Kier alpha value is -0.690. The minimum atomic E-state index is -5.58. The molecule has 1 atom stereocenters. The van der Waals surface area contributed by atoms with E-state index in [0.29, 0.717) is 9.09 Å². The molecule has 4 rings (SSSR count). The summed E-state index contributed by atoms with van der Waals surface area (Å²) in [6.45, 7) is 7.23. The fourth-order valence-corrected chi connectivity index (χ4v) is 42.3. The molecule has 1 aromatic carbocycles. The number of benzene rings is 1. The van der Waals surface area contributed by atoms with Crippen molar-refractivity contribution in [2.24, 2.45) is 5.41 Å². The average Bonchev–Trinajstić information content (AvgIpc) is 3.20. The van der Waals surface area contributed by atoms with Gasteiger partial charge < -0.3 is 0 Å². The van der Waals surface area contributed by atoms with Gasteiger partial charge in [0.15, 0.2) is 0 Å². The van der Waals surface area contributed by atoms with Gasteiger partial charge in [-0.15, -0.1) is 0 Å². The Bertz CT molecular complexity index is 1120. The van der Waals surface area contributed by atoms with E-state index in [2.05, 4.69) is 102 Å². The fourth-order valence-electron chi connectivity index (χ4n) is 8.36. The van der Waals surface area contributed by atoms with Crippen molar-refractivity contribution >= 4 is 6.08 Å². The van der Waals surface area contributed by atoms with Gasteiger partial charge in [0.2, 0.25) is 0 Å². The summed E-state index contributed by atoms with van der Waals surface area (Å²) in [5.74, 6) is 0. The second kappa shape index (κ2) is 3.82. The van der Waals surface area contributed by atoms with E-state index in [9.17, 15) is 0 Å². The van der Waals surface area contributed by atoms with Crippen LogP contribution in [-0.2, 0) is 28.6 Å². The number of fused-ring (bicyclic) bond motifs is 2.